The molecule has 0 aliphatic rings. The van der Waals surface area contributed by atoms with Crippen LogP contribution in [0.15, 0.2) is 46.6 Å². The molecule has 0 heterocycles. The minimum Gasteiger partial charge on any atom is -0.163 e. The first-order chi connectivity index (χ1) is 7.33. The number of hydrogen-bond acceptors (Lipinski definition) is 2. The molecule has 0 atom stereocenters. The molecule has 78 valence electrons. The van der Waals surface area contributed by atoms with Crippen LogP contribution in [0.4, 0.5) is 0 Å². The molecule has 0 aliphatic heterocycles. The van der Waals surface area contributed by atoms with Gasteiger partial charge in [-0.2, -0.15) is 10.2 Å². The van der Waals surface area contributed by atoms with Gasteiger partial charge in [0.15, 0.2) is 0 Å². The molecule has 0 radical (unpaired) electrons. The second-order valence-electron chi connectivity index (χ2n) is 3.19. The molecule has 0 N–H and O–H groups in total. The molecule has 0 saturated carbocycles. The van der Waals surface area contributed by atoms with Crippen molar-refractivity contribution in [3.8, 4) is 0 Å². The van der Waals surface area contributed by atoms with Crippen molar-refractivity contribution in [1.29, 1.82) is 0 Å². The number of benzene rings is 1. The predicted octanol–water partition coefficient (Wildman–Crippen LogP) is 3.56. The Balaban J connectivity index is 2.58. The second kappa shape index (κ2) is 6.71. The highest BCUT2D eigenvalue weighted by atomic mass is 15.2. The summed E-state index contributed by atoms with van der Waals surface area (Å²) in [4.78, 5) is 0. The van der Waals surface area contributed by atoms with Crippen LogP contribution >= 0.6 is 0 Å². The zero-order valence-corrected chi connectivity index (χ0v) is 9.22. The van der Waals surface area contributed by atoms with E-state index in [1.54, 1.807) is 6.21 Å². The van der Waals surface area contributed by atoms with Crippen molar-refractivity contribution < 1.29 is 0 Å². The van der Waals surface area contributed by atoms with E-state index in [4.69, 9.17) is 0 Å². The predicted molar refractivity (Wildman–Crippen MR) is 67.4 cm³/mol. The topological polar surface area (TPSA) is 24.7 Å². The highest BCUT2D eigenvalue weighted by Crippen LogP contribution is 2.01. The Morgan fingerprint density at radius 3 is 2.67 bits per heavy atom. The maximum atomic E-state index is 4.03. The SMILES string of the molecule is CC/C=N/N=C(C)/C=C/c1ccccc1. The number of rotatable bonds is 4. The molecule has 15 heavy (non-hydrogen) atoms. The van der Waals surface area contributed by atoms with Gasteiger partial charge in [-0.05, 0) is 25.0 Å². The Morgan fingerprint density at radius 2 is 2.00 bits per heavy atom. The molecule has 0 aromatic heterocycles. The summed E-state index contributed by atoms with van der Waals surface area (Å²) in [5, 5.41) is 7.94. The maximum absolute atomic E-state index is 4.03. The van der Waals surface area contributed by atoms with Crippen LogP contribution in [0.1, 0.15) is 25.8 Å². The zero-order valence-electron chi connectivity index (χ0n) is 9.22. The van der Waals surface area contributed by atoms with Gasteiger partial charge in [-0.3, -0.25) is 0 Å². The van der Waals surface area contributed by atoms with E-state index in [1.165, 1.54) is 5.56 Å². The summed E-state index contributed by atoms with van der Waals surface area (Å²) in [5.41, 5.74) is 2.08. The smallest absolute Gasteiger partial charge is 0.0599 e. The molecule has 0 amide bonds. The second-order valence-corrected chi connectivity index (χ2v) is 3.19. The van der Waals surface area contributed by atoms with Crippen molar-refractivity contribution in [1.82, 2.24) is 0 Å². The minimum atomic E-state index is 0.906. The van der Waals surface area contributed by atoms with Crippen LogP contribution in [-0.2, 0) is 0 Å². The number of nitrogens with zero attached hydrogens (tertiary/aromatic N) is 2. The Kier molecular flexibility index (Phi) is 5.09. The van der Waals surface area contributed by atoms with Gasteiger partial charge in [-0.25, -0.2) is 0 Å². The Labute approximate surface area is 91.1 Å². The van der Waals surface area contributed by atoms with Gasteiger partial charge in [0.25, 0.3) is 0 Å². The Morgan fingerprint density at radius 1 is 1.27 bits per heavy atom. The van der Waals surface area contributed by atoms with E-state index in [-0.39, 0.29) is 0 Å². The van der Waals surface area contributed by atoms with Crippen LogP contribution in [0.3, 0.4) is 0 Å². The monoisotopic (exact) mass is 200 g/mol. The fraction of sp³-hybridized carbons (Fsp3) is 0.231. The van der Waals surface area contributed by atoms with E-state index in [0.717, 1.165) is 12.1 Å². The van der Waals surface area contributed by atoms with Crippen LogP contribution in [0.25, 0.3) is 6.08 Å². The van der Waals surface area contributed by atoms with Gasteiger partial charge in [-0.1, -0.05) is 43.3 Å². The summed E-state index contributed by atoms with van der Waals surface area (Å²) >= 11 is 0. The van der Waals surface area contributed by atoms with Gasteiger partial charge in [0, 0.05) is 6.21 Å². The van der Waals surface area contributed by atoms with Gasteiger partial charge in [0.1, 0.15) is 0 Å². The Bertz CT molecular complexity index is 361. The lowest BCUT2D eigenvalue weighted by molar-refractivity contribution is 1.20. The number of hydrogen-bond donors (Lipinski definition) is 0. The highest BCUT2D eigenvalue weighted by Gasteiger charge is 1.84. The summed E-state index contributed by atoms with van der Waals surface area (Å²) in [7, 11) is 0. The minimum absolute atomic E-state index is 0.906. The van der Waals surface area contributed by atoms with Crippen LogP contribution in [0.2, 0.25) is 0 Å². The molecule has 1 aromatic rings. The third-order valence-corrected chi connectivity index (χ3v) is 1.80. The van der Waals surface area contributed by atoms with E-state index in [1.807, 2.05) is 44.2 Å². The molecule has 0 spiro atoms. The van der Waals surface area contributed by atoms with E-state index in [9.17, 15) is 0 Å². The van der Waals surface area contributed by atoms with E-state index < -0.39 is 0 Å². The van der Waals surface area contributed by atoms with Crippen molar-refractivity contribution in [3.05, 3.63) is 42.0 Å². The molecule has 0 unspecified atom stereocenters. The fourth-order valence-electron chi connectivity index (χ4n) is 1.03. The summed E-state index contributed by atoms with van der Waals surface area (Å²) < 4.78 is 0. The lowest BCUT2D eigenvalue weighted by atomic mass is 10.2. The first-order valence-corrected chi connectivity index (χ1v) is 5.12. The van der Waals surface area contributed by atoms with Crippen LogP contribution in [0, 0.1) is 0 Å². The summed E-state index contributed by atoms with van der Waals surface area (Å²) in [6.07, 6.45) is 6.70. The molecule has 0 fully saturated rings. The van der Waals surface area contributed by atoms with E-state index >= 15 is 0 Å². The maximum Gasteiger partial charge on any atom is 0.0599 e. The van der Waals surface area contributed by atoms with Crippen molar-refractivity contribution in [2.24, 2.45) is 10.2 Å². The van der Waals surface area contributed by atoms with E-state index in [2.05, 4.69) is 22.3 Å². The van der Waals surface area contributed by atoms with Gasteiger partial charge in [0.05, 0.1) is 5.71 Å². The third-order valence-electron chi connectivity index (χ3n) is 1.80. The van der Waals surface area contributed by atoms with Gasteiger partial charge >= 0.3 is 0 Å². The van der Waals surface area contributed by atoms with Gasteiger partial charge in [0.2, 0.25) is 0 Å². The number of allylic oxidation sites excluding steroid dienone is 1. The quantitative estimate of drug-likeness (QED) is 0.524. The van der Waals surface area contributed by atoms with Crippen molar-refractivity contribution in [2.75, 3.05) is 0 Å². The van der Waals surface area contributed by atoms with Crippen molar-refractivity contribution in [2.45, 2.75) is 20.3 Å². The average molecular weight is 200 g/mol. The Hall–Kier alpha value is -1.70. The molecule has 0 aliphatic carbocycles. The molecular weight excluding hydrogens is 184 g/mol. The molecule has 0 saturated heterocycles. The molecule has 1 rings (SSSR count). The molecule has 1 aromatic carbocycles. The first-order valence-electron chi connectivity index (χ1n) is 5.12. The van der Waals surface area contributed by atoms with Crippen LogP contribution < -0.4 is 0 Å². The lowest BCUT2D eigenvalue weighted by Crippen LogP contribution is -1.82. The standard InChI is InChI=1S/C13H16N2/c1-3-11-14-15-12(2)9-10-13-7-5-4-6-8-13/h4-11H,3H2,1-2H3/b10-9+,14-11+,15-12+. The lowest BCUT2D eigenvalue weighted by Gasteiger charge is -1.90. The van der Waals surface area contributed by atoms with E-state index in [0.29, 0.717) is 0 Å². The van der Waals surface area contributed by atoms with Gasteiger partial charge < -0.3 is 0 Å². The average Bonchev–Trinajstić information content (AvgIpc) is 2.28. The normalized spacial score (nSPS) is 12.8. The molecule has 2 nitrogen and oxygen atoms in total. The fourth-order valence-corrected chi connectivity index (χ4v) is 1.03. The first kappa shape index (κ1) is 11.4. The molecular formula is C13H16N2. The largest absolute Gasteiger partial charge is 0.163 e. The summed E-state index contributed by atoms with van der Waals surface area (Å²) in [6.45, 7) is 3.97. The van der Waals surface area contributed by atoms with Gasteiger partial charge in [-0.15, -0.1) is 0 Å². The molecule has 2 heteroatoms. The van der Waals surface area contributed by atoms with Crippen molar-refractivity contribution in [3.63, 3.8) is 0 Å². The zero-order chi connectivity index (χ0) is 10.9. The summed E-state index contributed by atoms with van der Waals surface area (Å²) in [6, 6.07) is 10.1. The van der Waals surface area contributed by atoms with Crippen molar-refractivity contribution >= 4 is 18.0 Å². The molecule has 0 bridgehead atoms. The summed E-state index contributed by atoms with van der Waals surface area (Å²) in [5.74, 6) is 0. The highest BCUT2D eigenvalue weighted by molar-refractivity contribution is 5.96. The van der Waals surface area contributed by atoms with Crippen LogP contribution in [0.5, 0.6) is 0 Å². The third kappa shape index (κ3) is 4.91. The van der Waals surface area contributed by atoms with Crippen LogP contribution in [-0.4, -0.2) is 11.9 Å².